The molecule has 1 rings (SSSR count). The number of hydrogen-bond donors (Lipinski definition) is 1. The average molecular weight is 307 g/mol. The smallest absolute Gasteiger partial charge is 0.344 e. The van der Waals surface area contributed by atoms with Crippen LogP contribution in [-0.2, 0) is 14.3 Å². The van der Waals surface area contributed by atoms with Crippen LogP contribution in [-0.4, -0.2) is 31.1 Å². The van der Waals surface area contributed by atoms with Gasteiger partial charge in [0.15, 0.2) is 12.7 Å². The van der Waals surface area contributed by atoms with E-state index in [1.807, 2.05) is 25.1 Å². The molecule has 0 aliphatic rings. The molecule has 0 unspecified atom stereocenters. The number of benzene rings is 1. The molecular weight excluding hydrogens is 282 g/mol. The highest BCUT2D eigenvalue weighted by atomic mass is 16.6. The van der Waals surface area contributed by atoms with E-state index in [1.54, 1.807) is 6.92 Å². The molecule has 5 heteroatoms. The fourth-order valence-electron chi connectivity index (χ4n) is 1.87. The topological polar surface area (TPSA) is 64.6 Å². The lowest BCUT2D eigenvalue weighted by atomic mass is 10.0. The number of carbonyl (C=O) groups excluding carboxylic acids is 2. The fourth-order valence-corrected chi connectivity index (χ4v) is 1.87. The molecule has 1 aromatic carbocycles. The summed E-state index contributed by atoms with van der Waals surface area (Å²) in [6, 6.07) is 5.94. The summed E-state index contributed by atoms with van der Waals surface area (Å²) in [6.45, 7) is 9.73. The lowest BCUT2D eigenvalue weighted by Crippen LogP contribution is -2.36. The molecule has 122 valence electrons. The van der Waals surface area contributed by atoms with Gasteiger partial charge in [0.2, 0.25) is 0 Å². The Bertz CT molecular complexity index is 525. The van der Waals surface area contributed by atoms with E-state index >= 15 is 0 Å². The van der Waals surface area contributed by atoms with Crippen LogP contribution in [0.25, 0.3) is 0 Å². The Morgan fingerprint density at radius 2 is 1.91 bits per heavy atom. The first-order valence-corrected chi connectivity index (χ1v) is 7.55. The average Bonchev–Trinajstić information content (AvgIpc) is 2.46. The molecule has 1 atom stereocenters. The van der Waals surface area contributed by atoms with Crippen molar-refractivity contribution in [1.82, 2.24) is 5.32 Å². The largest absolute Gasteiger partial charge is 0.482 e. The van der Waals surface area contributed by atoms with Crippen LogP contribution in [0.2, 0.25) is 0 Å². The maximum absolute atomic E-state index is 11.7. The number of hydrogen-bond acceptors (Lipinski definition) is 4. The molecule has 0 heterocycles. The van der Waals surface area contributed by atoms with Gasteiger partial charge < -0.3 is 14.8 Å². The predicted octanol–water partition coefficient (Wildman–Crippen LogP) is 2.57. The van der Waals surface area contributed by atoms with Gasteiger partial charge in [0.1, 0.15) is 5.75 Å². The number of ether oxygens (including phenoxy) is 2. The van der Waals surface area contributed by atoms with E-state index in [0.29, 0.717) is 18.2 Å². The summed E-state index contributed by atoms with van der Waals surface area (Å²) in [5.74, 6) is 0.170. The highest BCUT2D eigenvalue weighted by Gasteiger charge is 2.17. The van der Waals surface area contributed by atoms with Crippen molar-refractivity contribution >= 4 is 11.9 Å². The molecule has 1 aromatic rings. The molecule has 0 saturated carbocycles. The molecule has 22 heavy (non-hydrogen) atoms. The van der Waals surface area contributed by atoms with Crippen LogP contribution >= 0.6 is 0 Å². The number of esters is 1. The highest BCUT2D eigenvalue weighted by Crippen LogP contribution is 2.24. The number of amides is 1. The van der Waals surface area contributed by atoms with Gasteiger partial charge in [-0.2, -0.15) is 0 Å². The van der Waals surface area contributed by atoms with E-state index in [4.69, 9.17) is 9.47 Å². The van der Waals surface area contributed by atoms with Gasteiger partial charge >= 0.3 is 5.97 Å². The zero-order valence-electron chi connectivity index (χ0n) is 13.9. The van der Waals surface area contributed by atoms with Gasteiger partial charge in [-0.15, -0.1) is 0 Å². The van der Waals surface area contributed by atoms with Crippen LogP contribution in [0.5, 0.6) is 5.75 Å². The minimum Gasteiger partial charge on any atom is -0.482 e. The third kappa shape index (κ3) is 5.39. The first-order chi connectivity index (χ1) is 10.3. The van der Waals surface area contributed by atoms with Gasteiger partial charge in [-0.1, -0.05) is 26.0 Å². The van der Waals surface area contributed by atoms with E-state index in [9.17, 15) is 9.59 Å². The van der Waals surface area contributed by atoms with Gasteiger partial charge in [0.05, 0.1) is 0 Å². The Hall–Kier alpha value is -2.04. The summed E-state index contributed by atoms with van der Waals surface area (Å²) < 4.78 is 10.6. The van der Waals surface area contributed by atoms with Crippen molar-refractivity contribution < 1.29 is 19.1 Å². The summed E-state index contributed by atoms with van der Waals surface area (Å²) in [6.07, 6.45) is -0.820. The number of carbonyl (C=O) groups is 2. The molecule has 0 aliphatic carbocycles. The second-order valence-electron chi connectivity index (χ2n) is 5.49. The number of aryl methyl sites for hydroxylation is 1. The van der Waals surface area contributed by atoms with Crippen molar-refractivity contribution in [3.63, 3.8) is 0 Å². The molecule has 1 N–H and O–H groups in total. The van der Waals surface area contributed by atoms with Crippen LogP contribution in [0.1, 0.15) is 44.7 Å². The monoisotopic (exact) mass is 307 g/mol. The molecule has 0 radical (unpaired) electrons. The number of nitrogens with one attached hydrogen (secondary N) is 1. The maximum atomic E-state index is 11.7. The summed E-state index contributed by atoms with van der Waals surface area (Å²) in [5, 5.41) is 2.60. The van der Waals surface area contributed by atoms with E-state index in [1.165, 1.54) is 6.92 Å². The van der Waals surface area contributed by atoms with E-state index in [2.05, 4.69) is 19.2 Å². The standard InChI is InChI=1S/C17H25NO4/c1-6-18-17(20)13(5)22-16(19)10-21-15-9-14(11(2)3)8-7-12(15)4/h7-9,11,13H,6,10H2,1-5H3,(H,18,20)/t13-/m0/s1. The molecular formula is C17H25NO4. The Balaban J connectivity index is 2.57. The molecule has 5 nitrogen and oxygen atoms in total. The van der Waals surface area contributed by atoms with Gasteiger partial charge in [-0.05, 0) is 43.9 Å². The van der Waals surface area contributed by atoms with Crippen molar-refractivity contribution in [2.24, 2.45) is 0 Å². The molecule has 0 spiro atoms. The second-order valence-corrected chi connectivity index (χ2v) is 5.49. The summed E-state index contributed by atoms with van der Waals surface area (Å²) in [4.78, 5) is 23.2. The summed E-state index contributed by atoms with van der Waals surface area (Å²) in [5.41, 5.74) is 2.10. The zero-order chi connectivity index (χ0) is 16.7. The van der Waals surface area contributed by atoms with Gasteiger partial charge in [-0.25, -0.2) is 4.79 Å². The lowest BCUT2D eigenvalue weighted by molar-refractivity contribution is -0.156. The molecule has 1 amide bonds. The van der Waals surface area contributed by atoms with E-state index in [-0.39, 0.29) is 12.5 Å². The van der Waals surface area contributed by atoms with Gasteiger partial charge in [0, 0.05) is 6.54 Å². The minimum atomic E-state index is -0.820. The van der Waals surface area contributed by atoms with Crippen LogP contribution < -0.4 is 10.1 Å². The lowest BCUT2D eigenvalue weighted by Gasteiger charge is -2.15. The first-order valence-electron chi connectivity index (χ1n) is 7.55. The molecule has 0 aromatic heterocycles. The van der Waals surface area contributed by atoms with E-state index in [0.717, 1.165) is 11.1 Å². The first kappa shape index (κ1) is 18.0. The van der Waals surface area contributed by atoms with Crippen LogP contribution in [0.3, 0.4) is 0 Å². The highest BCUT2D eigenvalue weighted by molar-refractivity contribution is 5.83. The minimum absolute atomic E-state index is 0.216. The van der Waals surface area contributed by atoms with Gasteiger partial charge in [-0.3, -0.25) is 4.79 Å². The molecule has 0 fully saturated rings. The Morgan fingerprint density at radius 3 is 2.50 bits per heavy atom. The maximum Gasteiger partial charge on any atom is 0.344 e. The van der Waals surface area contributed by atoms with Crippen LogP contribution in [0, 0.1) is 6.92 Å². The van der Waals surface area contributed by atoms with Crippen molar-refractivity contribution in [3.05, 3.63) is 29.3 Å². The Morgan fingerprint density at radius 1 is 1.23 bits per heavy atom. The van der Waals surface area contributed by atoms with E-state index < -0.39 is 12.1 Å². The van der Waals surface area contributed by atoms with Crippen LogP contribution in [0.4, 0.5) is 0 Å². The fraction of sp³-hybridized carbons (Fsp3) is 0.529. The zero-order valence-corrected chi connectivity index (χ0v) is 13.9. The molecule has 0 aliphatic heterocycles. The quantitative estimate of drug-likeness (QED) is 0.786. The third-order valence-electron chi connectivity index (χ3n) is 3.25. The Kier molecular flexibility index (Phi) is 6.89. The Labute approximate surface area is 132 Å². The third-order valence-corrected chi connectivity index (χ3v) is 3.25. The summed E-state index contributed by atoms with van der Waals surface area (Å²) in [7, 11) is 0. The summed E-state index contributed by atoms with van der Waals surface area (Å²) >= 11 is 0. The molecule has 0 bridgehead atoms. The van der Waals surface area contributed by atoms with Crippen molar-refractivity contribution in [1.29, 1.82) is 0 Å². The van der Waals surface area contributed by atoms with Gasteiger partial charge in [0.25, 0.3) is 5.91 Å². The number of likely N-dealkylation sites (N-methyl/N-ethyl adjacent to an activating group) is 1. The van der Waals surface area contributed by atoms with Crippen molar-refractivity contribution in [2.75, 3.05) is 13.2 Å². The predicted molar refractivity (Wildman–Crippen MR) is 85.0 cm³/mol. The normalized spacial score (nSPS) is 11.9. The SMILES string of the molecule is CCNC(=O)[C@H](C)OC(=O)COc1cc(C(C)C)ccc1C. The van der Waals surface area contributed by atoms with Crippen molar-refractivity contribution in [3.8, 4) is 5.75 Å². The molecule has 0 saturated heterocycles. The van der Waals surface area contributed by atoms with Crippen molar-refractivity contribution in [2.45, 2.75) is 46.6 Å². The number of rotatable bonds is 7. The van der Waals surface area contributed by atoms with Crippen LogP contribution in [0.15, 0.2) is 18.2 Å². The second kappa shape index (κ2) is 8.41.